The maximum atomic E-state index is 13.0. The molecule has 2 heterocycles. The van der Waals surface area contributed by atoms with Crippen molar-refractivity contribution in [2.45, 2.75) is 38.6 Å². The molecular formula is C20H22ClN3O3. The average molecular weight is 388 g/mol. The van der Waals surface area contributed by atoms with E-state index in [0.717, 1.165) is 52.9 Å². The third kappa shape index (κ3) is 3.23. The number of aryl methyl sites for hydroxylation is 1. The first kappa shape index (κ1) is 18.0. The molecule has 1 aliphatic carbocycles. The summed E-state index contributed by atoms with van der Waals surface area (Å²) < 4.78 is 0. The van der Waals surface area contributed by atoms with E-state index in [4.69, 9.17) is 21.7 Å². The van der Waals surface area contributed by atoms with Crippen LogP contribution in [0.15, 0.2) is 18.2 Å². The molecule has 1 aromatic heterocycles. The van der Waals surface area contributed by atoms with Crippen molar-refractivity contribution in [1.29, 1.82) is 0 Å². The Morgan fingerprint density at radius 3 is 2.74 bits per heavy atom. The lowest BCUT2D eigenvalue weighted by Gasteiger charge is -2.38. The van der Waals surface area contributed by atoms with E-state index in [1.165, 1.54) is 4.90 Å². The first-order chi connectivity index (χ1) is 13.0. The molecule has 142 valence electrons. The minimum atomic E-state index is -0.941. The van der Waals surface area contributed by atoms with Gasteiger partial charge in [0.2, 0.25) is 0 Å². The van der Waals surface area contributed by atoms with Gasteiger partial charge < -0.3 is 14.9 Å². The summed E-state index contributed by atoms with van der Waals surface area (Å²) in [5, 5.41) is 10.8. The smallest absolute Gasteiger partial charge is 0.407 e. The Morgan fingerprint density at radius 1 is 1.22 bits per heavy atom. The van der Waals surface area contributed by atoms with E-state index < -0.39 is 6.09 Å². The summed E-state index contributed by atoms with van der Waals surface area (Å²) in [7, 11) is 0. The zero-order valence-electron chi connectivity index (χ0n) is 15.2. The lowest BCUT2D eigenvalue weighted by atomic mass is 9.94. The summed E-state index contributed by atoms with van der Waals surface area (Å²) in [6, 6.07) is 5.32. The van der Waals surface area contributed by atoms with Crippen LogP contribution in [0.25, 0.3) is 10.9 Å². The van der Waals surface area contributed by atoms with E-state index >= 15 is 0 Å². The Labute approximate surface area is 162 Å². The topological polar surface area (TPSA) is 73.7 Å². The summed E-state index contributed by atoms with van der Waals surface area (Å²) in [5.74, 6) is -0.0925. The Morgan fingerprint density at radius 2 is 2.00 bits per heavy atom. The molecule has 0 spiro atoms. The number of rotatable bonds is 1. The zero-order valence-corrected chi connectivity index (χ0v) is 16.0. The van der Waals surface area contributed by atoms with Gasteiger partial charge in [0.15, 0.2) is 0 Å². The summed E-state index contributed by atoms with van der Waals surface area (Å²) in [6.07, 6.45) is 3.20. The number of hydrogen-bond acceptors (Lipinski definition) is 3. The van der Waals surface area contributed by atoms with Gasteiger partial charge in [-0.1, -0.05) is 17.7 Å². The Balaban J connectivity index is 1.64. The van der Waals surface area contributed by atoms with E-state index in [2.05, 4.69) is 0 Å². The van der Waals surface area contributed by atoms with E-state index in [0.29, 0.717) is 25.2 Å². The van der Waals surface area contributed by atoms with Crippen molar-refractivity contribution >= 4 is 34.5 Å². The quantitative estimate of drug-likeness (QED) is 0.811. The minimum absolute atomic E-state index is 0.0925. The van der Waals surface area contributed by atoms with Gasteiger partial charge in [0.05, 0.1) is 10.5 Å². The number of piperazine rings is 1. The molecule has 0 radical (unpaired) electrons. The molecule has 2 amide bonds. The van der Waals surface area contributed by atoms with Crippen LogP contribution >= 0.6 is 11.6 Å². The molecule has 0 bridgehead atoms. The number of hydrogen-bond donors (Lipinski definition) is 1. The molecule has 7 heteroatoms. The number of carboxylic acid groups (broad SMARTS) is 1. The fourth-order valence-corrected chi connectivity index (χ4v) is 4.46. The Kier molecular flexibility index (Phi) is 4.68. The van der Waals surface area contributed by atoms with Crippen LogP contribution in [0, 0.1) is 0 Å². The van der Waals surface area contributed by atoms with Gasteiger partial charge in [-0.2, -0.15) is 0 Å². The monoisotopic (exact) mass is 387 g/mol. The van der Waals surface area contributed by atoms with Crippen molar-refractivity contribution < 1.29 is 14.7 Å². The highest BCUT2D eigenvalue weighted by atomic mass is 35.5. The number of carbonyl (C=O) groups is 2. The van der Waals surface area contributed by atoms with Crippen LogP contribution in [0.5, 0.6) is 0 Å². The van der Waals surface area contributed by atoms with Crippen LogP contribution < -0.4 is 0 Å². The van der Waals surface area contributed by atoms with E-state index in [1.54, 1.807) is 11.0 Å². The SMILES string of the molecule is C[C@@H]1CN(C(=O)O)CCN1C(=O)c1ccc2c(Cl)c3c(nc2c1)CCCC3. The van der Waals surface area contributed by atoms with Gasteiger partial charge in [-0.05, 0) is 50.3 Å². The zero-order chi connectivity index (χ0) is 19.1. The van der Waals surface area contributed by atoms with Crippen LogP contribution in [-0.2, 0) is 12.8 Å². The molecule has 1 saturated heterocycles. The fraction of sp³-hybridized carbons (Fsp3) is 0.450. The molecule has 1 N–H and O–H groups in total. The molecule has 1 fully saturated rings. The van der Waals surface area contributed by atoms with Crippen LogP contribution in [0.3, 0.4) is 0 Å². The highest BCUT2D eigenvalue weighted by molar-refractivity contribution is 6.36. The van der Waals surface area contributed by atoms with E-state index in [9.17, 15) is 9.59 Å². The molecule has 0 saturated carbocycles. The molecule has 1 atom stereocenters. The number of aromatic nitrogens is 1. The molecule has 0 unspecified atom stereocenters. The first-order valence-corrected chi connectivity index (χ1v) is 9.73. The highest BCUT2D eigenvalue weighted by Crippen LogP contribution is 2.33. The largest absolute Gasteiger partial charge is 0.465 e. The second kappa shape index (κ2) is 7.00. The molecule has 27 heavy (non-hydrogen) atoms. The summed E-state index contributed by atoms with van der Waals surface area (Å²) >= 11 is 6.61. The lowest BCUT2D eigenvalue weighted by molar-refractivity contribution is 0.0484. The molecule has 1 aromatic carbocycles. The first-order valence-electron chi connectivity index (χ1n) is 9.35. The number of nitrogens with zero attached hydrogens (tertiary/aromatic N) is 3. The van der Waals surface area contributed by atoms with Gasteiger partial charge >= 0.3 is 6.09 Å². The third-order valence-electron chi connectivity index (χ3n) is 5.60. The predicted molar refractivity (Wildman–Crippen MR) is 103 cm³/mol. The maximum Gasteiger partial charge on any atom is 0.407 e. The summed E-state index contributed by atoms with van der Waals surface area (Å²) in [6.45, 7) is 2.92. The minimum Gasteiger partial charge on any atom is -0.465 e. The summed E-state index contributed by atoms with van der Waals surface area (Å²) in [5.41, 5.74) is 3.51. The predicted octanol–water partition coefficient (Wildman–Crippen LogP) is 3.59. The molecule has 1 aliphatic heterocycles. The molecular weight excluding hydrogens is 366 g/mol. The molecule has 4 rings (SSSR count). The molecule has 6 nitrogen and oxygen atoms in total. The van der Waals surface area contributed by atoms with Gasteiger partial charge in [-0.25, -0.2) is 4.79 Å². The van der Waals surface area contributed by atoms with Gasteiger partial charge in [-0.15, -0.1) is 0 Å². The van der Waals surface area contributed by atoms with Gasteiger partial charge in [0.25, 0.3) is 5.91 Å². The molecule has 2 aromatic rings. The lowest BCUT2D eigenvalue weighted by Crippen LogP contribution is -2.55. The second-order valence-electron chi connectivity index (χ2n) is 7.37. The van der Waals surface area contributed by atoms with Crippen molar-refractivity contribution in [2.24, 2.45) is 0 Å². The number of benzene rings is 1. The average Bonchev–Trinajstić information content (AvgIpc) is 2.67. The van der Waals surface area contributed by atoms with Crippen molar-refractivity contribution in [3.63, 3.8) is 0 Å². The molecule has 2 aliphatic rings. The highest BCUT2D eigenvalue weighted by Gasteiger charge is 2.30. The van der Waals surface area contributed by atoms with Crippen molar-refractivity contribution in [1.82, 2.24) is 14.8 Å². The van der Waals surface area contributed by atoms with Gasteiger partial charge in [-0.3, -0.25) is 9.78 Å². The Hall–Kier alpha value is -2.34. The Bertz CT molecular complexity index is 930. The second-order valence-corrected chi connectivity index (χ2v) is 7.74. The number of halogens is 1. The van der Waals surface area contributed by atoms with Crippen LogP contribution in [0.1, 0.15) is 41.4 Å². The fourth-order valence-electron chi connectivity index (χ4n) is 4.10. The van der Waals surface area contributed by atoms with Crippen molar-refractivity contribution in [3.8, 4) is 0 Å². The number of fused-ring (bicyclic) bond motifs is 2. The third-order valence-corrected chi connectivity index (χ3v) is 6.03. The van der Waals surface area contributed by atoms with Gasteiger partial charge in [0, 0.05) is 42.3 Å². The van der Waals surface area contributed by atoms with E-state index in [-0.39, 0.29) is 11.9 Å². The van der Waals surface area contributed by atoms with Crippen LogP contribution in [0.4, 0.5) is 4.79 Å². The van der Waals surface area contributed by atoms with Crippen molar-refractivity contribution in [3.05, 3.63) is 40.0 Å². The normalized spacial score (nSPS) is 19.9. The standard InChI is InChI=1S/C20H22ClN3O3/c1-12-11-23(20(26)27)8-9-24(12)19(25)13-6-7-15-17(10-13)22-16-5-3-2-4-14(16)18(15)21/h6-7,10,12H,2-5,8-9,11H2,1H3,(H,26,27)/t12-/m1/s1. The summed E-state index contributed by atoms with van der Waals surface area (Å²) in [4.78, 5) is 32.0. The van der Waals surface area contributed by atoms with Crippen molar-refractivity contribution in [2.75, 3.05) is 19.6 Å². The van der Waals surface area contributed by atoms with Crippen LogP contribution in [-0.4, -0.2) is 57.6 Å². The number of pyridine rings is 1. The van der Waals surface area contributed by atoms with Crippen LogP contribution in [0.2, 0.25) is 5.02 Å². The maximum absolute atomic E-state index is 13.0. The number of amides is 2. The van der Waals surface area contributed by atoms with Gasteiger partial charge in [0.1, 0.15) is 0 Å². The van der Waals surface area contributed by atoms with E-state index in [1.807, 2.05) is 19.1 Å². The number of carbonyl (C=O) groups excluding carboxylic acids is 1.